The molecule has 0 atom stereocenters. The highest BCUT2D eigenvalue weighted by atomic mass is 19.4. The second kappa shape index (κ2) is 8.95. The number of nitrogens with one attached hydrogen (secondary N) is 1. The van der Waals surface area contributed by atoms with Crippen LogP contribution in [0.1, 0.15) is 35.9 Å². The molecule has 0 unspecified atom stereocenters. The number of amides is 1. The van der Waals surface area contributed by atoms with Gasteiger partial charge in [0.1, 0.15) is 5.75 Å². The predicted octanol–water partition coefficient (Wildman–Crippen LogP) is 4.20. The summed E-state index contributed by atoms with van der Waals surface area (Å²) in [4.78, 5) is 17.9. The van der Waals surface area contributed by atoms with Crippen molar-refractivity contribution in [3.05, 3.63) is 60.2 Å². The van der Waals surface area contributed by atoms with Crippen LogP contribution < -0.4 is 10.1 Å². The van der Waals surface area contributed by atoms with Gasteiger partial charge in [-0.2, -0.15) is 5.10 Å². The maximum atomic E-state index is 13.3. The molecule has 0 aliphatic carbocycles. The number of carbonyl (C=O) groups excluding carboxylic acids is 1. The Morgan fingerprint density at radius 2 is 1.77 bits per heavy atom. The molecule has 2 saturated heterocycles. The molecule has 4 heterocycles. The summed E-state index contributed by atoms with van der Waals surface area (Å²) in [5.41, 5.74) is 2.95. The van der Waals surface area contributed by atoms with Gasteiger partial charge >= 0.3 is 6.36 Å². The number of carbonyl (C=O) groups is 1. The van der Waals surface area contributed by atoms with Gasteiger partial charge in [-0.25, -0.2) is 14.1 Å². The van der Waals surface area contributed by atoms with E-state index in [2.05, 4.69) is 21.6 Å². The van der Waals surface area contributed by atoms with Gasteiger partial charge in [-0.05, 0) is 67.7 Å². The van der Waals surface area contributed by atoms with E-state index in [9.17, 15) is 22.4 Å². The molecule has 1 aromatic carbocycles. The zero-order chi connectivity index (χ0) is 24.7. The number of ether oxygens (including phenoxy) is 1. The lowest BCUT2D eigenvalue weighted by atomic mass is 9.85. The maximum absolute atomic E-state index is 13.3. The van der Waals surface area contributed by atoms with Crippen LogP contribution in [-0.4, -0.2) is 58.1 Å². The van der Waals surface area contributed by atoms with Crippen LogP contribution in [-0.2, 0) is 4.79 Å². The number of piperidine rings is 1. The molecule has 0 saturated carbocycles. The van der Waals surface area contributed by atoms with Gasteiger partial charge in [-0.1, -0.05) is 6.58 Å². The van der Waals surface area contributed by atoms with Crippen molar-refractivity contribution in [1.29, 1.82) is 0 Å². The fourth-order valence-corrected chi connectivity index (χ4v) is 4.81. The van der Waals surface area contributed by atoms with E-state index >= 15 is 0 Å². The summed E-state index contributed by atoms with van der Waals surface area (Å²) >= 11 is 0. The van der Waals surface area contributed by atoms with Crippen LogP contribution in [0.25, 0.3) is 16.7 Å². The van der Waals surface area contributed by atoms with E-state index in [0.717, 1.165) is 42.6 Å². The Morgan fingerprint density at radius 3 is 2.40 bits per heavy atom. The summed E-state index contributed by atoms with van der Waals surface area (Å²) < 4.78 is 56.6. The molecule has 2 aromatic heterocycles. The first-order chi connectivity index (χ1) is 16.7. The number of hydrogen-bond acceptors (Lipinski definition) is 5. The molecule has 7 nitrogen and oxygen atoms in total. The standard InChI is InChI=1S/C24H23F4N5O2/c1-14(25)23(34)32-12-16(13-32)21-20-19(15-6-9-29-10-7-15)8-11-30-22(20)33(31-21)17-2-4-18(5-3-17)35-24(26,27)28/h2-5,8,11,15-16,29H,1,6-7,9-10,12-13H2. The zero-order valence-corrected chi connectivity index (χ0v) is 18.7. The van der Waals surface area contributed by atoms with E-state index in [1.165, 1.54) is 29.2 Å². The van der Waals surface area contributed by atoms with Crippen LogP contribution in [0.15, 0.2) is 48.9 Å². The minimum absolute atomic E-state index is 0.125. The van der Waals surface area contributed by atoms with Crippen molar-refractivity contribution in [2.75, 3.05) is 26.2 Å². The molecule has 0 spiro atoms. The Labute approximate surface area is 198 Å². The van der Waals surface area contributed by atoms with Gasteiger partial charge in [0.25, 0.3) is 5.91 Å². The van der Waals surface area contributed by atoms with Gasteiger partial charge in [0.15, 0.2) is 11.5 Å². The van der Waals surface area contributed by atoms with Crippen molar-refractivity contribution in [1.82, 2.24) is 25.0 Å². The van der Waals surface area contributed by atoms with E-state index in [1.54, 1.807) is 10.9 Å². The van der Waals surface area contributed by atoms with Crippen LogP contribution in [0.3, 0.4) is 0 Å². The number of likely N-dealkylation sites (tertiary alicyclic amines) is 1. The molecule has 5 rings (SSSR count). The van der Waals surface area contributed by atoms with Crippen molar-refractivity contribution in [3.63, 3.8) is 0 Å². The lowest BCUT2D eigenvalue weighted by Gasteiger charge is -2.38. The molecule has 1 amide bonds. The van der Waals surface area contributed by atoms with Crippen LogP contribution in [0.4, 0.5) is 17.6 Å². The normalized spacial score (nSPS) is 17.4. The molecular weight excluding hydrogens is 466 g/mol. The van der Waals surface area contributed by atoms with Crippen molar-refractivity contribution in [2.45, 2.75) is 31.0 Å². The smallest absolute Gasteiger partial charge is 0.406 e. The average Bonchev–Trinajstić information content (AvgIpc) is 3.17. The first-order valence-corrected chi connectivity index (χ1v) is 11.3. The predicted molar refractivity (Wildman–Crippen MR) is 120 cm³/mol. The molecule has 184 valence electrons. The minimum Gasteiger partial charge on any atom is -0.406 e. The first-order valence-electron chi connectivity index (χ1n) is 11.3. The molecule has 3 aromatic rings. The fourth-order valence-electron chi connectivity index (χ4n) is 4.81. The van der Waals surface area contributed by atoms with Gasteiger partial charge in [-0.15, -0.1) is 13.2 Å². The van der Waals surface area contributed by atoms with Crippen molar-refractivity contribution in [3.8, 4) is 11.4 Å². The lowest BCUT2D eigenvalue weighted by molar-refractivity contribution is -0.274. The molecule has 2 aliphatic rings. The average molecular weight is 489 g/mol. The number of benzene rings is 1. The highest BCUT2D eigenvalue weighted by Gasteiger charge is 2.37. The summed E-state index contributed by atoms with van der Waals surface area (Å²) in [6.07, 6.45) is -1.17. The molecule has 2 fully saturated rings. The molecule has 1 N–H and O–H groups in total. The number of halogens is 4. The van der Waals surface area contributed by atoms with E-state index in [1.807, 2.05) is 6.07 Å². The van der Waals surface area contributed by atoms with Gasteiger partial charge in [-0.3, -0.25) is 4.79 Å². The molecule has 0 bridgehead atoms. The monoisotopic (exact) mass is 489 g/mol. The lowest BCUT2D eigenvalue weighted by Crippen LogP contribution is -2.48. The molecule has 11 heteroatoms. The van der Waals surface area contributed by atoms with Crippen molar-refractivity contribution >= 4 is 16.9 Å². The topological polar surface area (TPSA) is 72.3 Å². The number of nitrogens with zero attached hydrogens (tertiary/aromatic N) is 4. The van der Waals surface area contributed by atoms with E-state index < -0.39 is 18.1 Å². The van der Waals surface area contributed by atoms with Crippen LogP contribution in [0.5, 0.6) is 5.75 Å². The highest BCUT2D eigenvalue weighted by molar-refractivity contribution is 5.92. The summed E-state index contributed by atoms with van der Waals surface area (Å²) in [6, 6.07) is 7.41. The first kappa shape index (κ1) is 23.3. The van der Waals surface area contributed by atoms with Gasteiger partial charge in [0.05, 0.1) is 11.4 Å². The Morgan fingerprint density at radius 1 is 1.09 bits per heavy atom. The molecule has 35 heavy (non-hydrogen) atoms. The summed E-state index contributed by atoms with van der Waals surface area (Å²) in [6.45, 7) is 5.46. The summed E-state index contributed by atoms with van der Waals surface area (Å²) in [5, 5.41) is 9.04. The van der Waals surface area contributed by atoms with Crippen LogP contribution >= 0.6 is 0 Å². The minimum atomic E-state index is -4.78. The maximum Gasteiger partial charge on any atom is 0.573 e. The number of hydrogen-bond donors (Lipinski definition) is 1. The number of rotatable bonds is 5. The third kappa shape index (κ3) is 4.60. The zero-order valence-electron chi connectivity index (χ0n) is 18.7. The SMILES string of the molecule is C=C(F)C(=O)N1CC(c2nn(-c3ccc(OC(F)(F)F)cc3)c3nccc(C4CCNCC4)c23)C1. The van der Waals surface area contributed by atoms with E-state index in [0.29, 0.717) is 30.3 Å². The number of alkyl halides is 3. The Hall–Kier alpha value is -3.47. The second-order valence-corrected chi connectivity index (χ2v) is 8.77. The van der Waals surface area contributed by atoms with Crippen LogP contribution in [0.2, 0.25) is 0 Å². The highest BCUT2D eigenvalue weighted by Crippen LogP contribution is 2.39. The largest absolute Gasteiger partial charge is 0.573 e. The number of aromatic nitrogens is 3. The van der Waals surface area contributed by atoms with Crippen molar-refractivity contribution in [2.24, 2.45) is 0 Å². The Balaban J connectivity index is 1.55. The third-order valence-corrected chi connectivity index (χ3v) is 6.51. The van der Waals surface area contributed by atoms with Crippen molar-refractivity contribution < 1.29 is 27.1 Å². The van der Waals surface area contributed by atoms with E-state index in [-0.39, 0.29) is 11.7 Å². The molecule has 2 aliphatic heterocycles. The van der Waals surface area contributed by atoms with Gasteiger partial charge in [0.2, 0.25) is 0 Å². The molecular formula is C24H23F4N5O2. The third-order valence-electron chi connectivity index (χ3n) is 6.51. The summed E-state index contributed by atoms with van der Waals surface area (Å²) in [7, 11) is 0. The van der Waals surface area contributed by atoms with Gasteiger partial charge in [0, 0.05) is 30.6 Å². The number of fused-ring (bicyclic) bond motifs is 1. The Kier molecular flexibility index (Phi) is 5.96. The summed E-state index contributed by atoms with van der Waals surface area (Å²) in [5.74, 6) is -1.90. The quantitative estimate of drug-likeness (QED) is 0.430. The number of pyridine rings is 1. The molecule has 0 radical (unpaired) electrons. The fraction of sp³-hybridized carbons (Fsp3) is 0.375. The Bertz CT molecular complexity index is 1260. The van der Waals surface area contributed by atoms with Gasteiger partial charge < -0.3 is 15.0 Å². The van der Waals surface area contributed by atoms with Crippen LogP contribution in [0, 0.1) is 0 Å². The van der Waals surface area contributed by atoms with E-state index in [4.69, 9.17) is 5.10 Å². The second-order valence-electron chi connectivity index (χ2n) is 8.77.